The lowest BCUT2D eigenvalue weighted by Gasteiger charge is -2.14. The minimum atomic E-state index is -4.02. The molecular formula is C18H13ClN2O4S. The van der Waals surface area contributed by atoms with Gasteiger partial charge in [-0.05, 0) is 36.4 Å². The van der Waals surface area contributed by atoms with Gasteiger partial charge in [0.2, 0.25) is 0 Å². The van der Waals surface area contributed by atoms with Crippen molar-refractivity contribution in [3.05, 3.63) is 59.1 Å². The molecular weight excluding hydrogens is 376 g/mol. The van der Waals surface area contributed by atoms with Crippen molar-refractivity contribution in [2.75, 3.05) is 16.7 Å². The van der Waals surface area contributed by atoms with Gasteiger partial charge in [0.15, 0.2) is 0 Å². The van der Waals surface area contributed by atoms with Crippen LogP contribution in [0.1, 0.15) is 10.4 Å². The maximum atomic E-state index is 12.9. The van der Waals surface area contributed by atoms with Crippen LogP contribution in [0.4, 0.5) is 11.4 Å². The standard InChI is InChI=1S/C18H13ClN2O4S/c1-21-14-6-8-16(11-3-2-4-12(17(11)14)18(21)23)26(24,25)20-13-9-10(19)5-7-15(13)22/h2-9,20,22H,1H3. The summed E-state index contributed by atoms with van der Waals surface area (Å²) in [7, 11) is -2.37. The van der Waals surface area contributed by atoms with Crippen LogP contribution in [0.15, 0.2) is 53.4 Å². The Bertz CT molecular complexity index is 1190. The van der Waals surface area contributed by atoms with Crippen molar-refractivity contribution >= 4 is 49.7 Å². The highest BCUT2D eigenvalue weighted by molar-refractivity contribution is 7.93. The molecule has 3 aromatic rings. The molecule has 0 fully saturated rings. The molecule has 1 amide bonds. The van der Waals surface area contributed by atoms with E-state index in [0.29, 0.717) is 22.0 Å². The van der Waals surface area contributed by atoms with Gasteiger partial charge in [0.25, 0.3) is 15.9 Å². The molecule has 0 unspecified atom stereocenters. The summed E-state index contributed by atoms with van der Waals surface area (Å²) in [5.41, 5.74) is 1.10. The van der Waals surface area contributed by atoms with Crippen molar-refractivity contribution in [3.63, 3.8) is 0 Å². The number of sulfonamides is 1. The number of carbonyl (C=O) groups excluding carboxylic acids is 1. The molecule has 26 heavy (non-hydrogen) atoms. The van der Waals surface area contributed by atoms with Crippen molar-refractivity contribution in [3.8, 4) is 5.75 Å². The minimum absolute atomic E-state index is 0.0144. The molecule has 1 aliphatic heterocycles. The van der Waals surface area contributed by atoms with Gasteiger partial charge in [-0.2, -0.15) is 0 Å². The Morgan fingerprint density at radius 1 is 1.12 bits per heavy atom. The molecule has 1 aliphatic rings. The lowest BCUT2D eigenvalue weighted by atomic mass is 10.1. The fourth-order valence-corrected chi connectivity index (χ4v) is 4.58. The Kier molecular flexibility index (Phi) is 3.61. The molecule has 0 aliphatic carbocycles. The van der Waals surface area contributed by atoms with Crippen LogP contribution in [0.25, 0.3) is 10.8 Å². The van der Waals surface area contributed by atoms with E-state index in [1.54, 1.807) is 31.3 Å². The quantitative estimate of drug-likeness (QED) is 0.671. The second-order valence-corrected chi connectivity index (χ2v) is 8.03. The number of amides is 1. The Labute approximate surface area is 154 Å². The van der Waals surface area contributed by atoms with E-state index in [9.17, 15) is 18.3 Å². The molecule has 6 nitrogen and oxygen atoms in total. The van der Waals surface area contributed by atoms with Crippen LogP contribution in [0.3, 0.4) is 0 Å². The number of aromatic hydroxyl groups is 1. The fourth-order valence-electron chi connectivity index (χ4n) is 3.13. The highest BCUT2D eigenvalue weighted by Gasteiger charge is 2.30. The molecule has 0 atom stereocenters. The monoisotopic (exact) mass is 388 g/mol. The third-order valence-electron chi connectivity index (χ3n) is 4.37. The van der Waals surface area contributed by atoms with Crippen LogP contribution in [-0.4, -0.2) is 26.5 Å². The van der Waals surface area contributed by atoms with E-state index < -0.39 is 10.0 Å². The van der Waals surface area contributed by atoms with Crippen molar-refractivity contribution in [2.24, 2.45) is 0 Å². The molecule has 0 aromatic heterocycles. The third-order valence-corrected chi connectivity index (χ3v) is 6.03. The summed E-state index contributed by atoms with van der Waals surface area (Å²) in [6, 6.07) is 12.1. The highest BCUT2D eigenvalue weighted by Crippen LogP contribution is 2.40. The van der Waals surface area contributed by atoms with Crippen LogP contribution in [0, 0.1) is 0 Å². The molecule has 0 spiro atoms. The number of nitrogens with zero attached hydrogens (tertiary/aromatic N) is 1. The number of hydrogen-bond donors (Lipinski definition) is 2. The second kappa shape index (κ2) is 5.62. The van der Waals surface area contributed by atoms with Gasteiger partial charge < -0.3 is 10.0 Å². The maximum Gasteiger partial charge on any atom is 0.262 e. The number of anilines is 2. The predicted octanol–water partition coefficient (Wildman–Crippen LogP) is 3.59. The first-order chi connectivity index (χ1) is 12.3. The fraction of sp³-hybridized carbons (Fsp3) is 0.0556. The number of phenols is 1. The van der Waals surface area contributed by atoms with Gasteiger partial charge in [0, 0.05) is 28.4 Å². The predicted molar refractivity (Wildman–Crippen MR) is 101 cm³/mol. The average Bonchev–Trinajstić information content (AvgIpc) is 2.85. The van der Waals surface area contributed by atoms with E-state index in [0.717, 1.165) is 0 Å². The van der Waals surface area contributed by atoms with E-state index >= 15 is 0 Å². The van der Waals surface area contributed by atoms with E-state index in [4.69, 9.17) is 11.6 Å². The van der Waals surface area contributed by atoms with Crippen LogP contribution in [-0.2, 0) is 10.0 Å². The zero-order valence-electron chi connectivity index (χ0n) is 13.5. The van der Waals surface area contributed by atoms with Gasteiger partial charge in [-0.25, -0.2) is 8.42 Å². The third kappa shape index (κ3) is 2.40. The summed E-state index contributed by atoms with van der Waals surface area (Å²) in [6.45, 7) is 0. The summed E-state index contributed by atoms with van der Waals surface area (Å²) in [5.74, 6) is -0.417. The largest absolute Gasteiger partial charge is 0.506 e. The Morgan fingerprint density at radius 3 is 2.65 bits per heavy atom. The van der Waals surface area contributed by atoms with Gasteiger partial charge in [-0.3, -0.25) is 9.52 Å². The number of halogens is 1. The average molecular weight is 389 g/mol. The topological polar surface area (TPSA) is 86.7 Å². The zero-order valence-corrected chi connectivity index (χ0v) is 15.1. The first kappa shape index (κ1) is 16.7. The van der Waals surface area contributed by atoms with Gasteiger partial charge >= 0.3 is 0 Å². The molecule has 4 rings (SSSR count). The number of rotatable bonds is 3. The van der Waals surface area contributed by atoms with E-state index in [1.807, 2.05) is 0 Å². The van der Waals surface area contributed by atoms with Gasteiger partial charge in [-0.15, -0.1) is 0 Å². The van der Waals surface area contributed by atoms with Gasteiger partial charge in [0.05, 0.1) is 16.3 Å². The summed E-state index contributed by atoms with van der Waals surface area (Å²) in [5, 5.41) is 11.2. The number of nitrogens with one attached hydrogen (secondary N) is 1. The summed E-state index contributed by atoms with van der Waals surface area (Å²) in [4.78, 5) is 13.8. The minimum Gasteiger partial charge on any atom is -0.506 e. The first-order valence-electron chi connectivity index (χ1n) is 7.65. The van der Waals surface area contributed by atoms with Crippen molar-refractivity contribution in [1.82, 2.24) is 0 Å². The molecule has 0 saturated carbocycles. The van der Waals surface area contributed by atoms with E-state index in [1.165, 1.54) is 29.2 Å². The van der Waals surface area contributed by atoms with Crippen LogP contribution in [0.2, 0.25) is 5.02 Å². The van der Waals surface area contributed by atoms with Crippen LogP contribution < -0.4 is 9.62 Å². The van der Waals surface area contributed by atoms with E-state index in [2.05, 4.69) is 4.72 Å². The zero-order chi connectivity index (χ0) is 18.6. The van der Waals surface area contributed by atoms with Crippen molar-refractivity contribution in [1.29, 1.82) is 0 Å². The highest BCUT2D eigenvalue weighted by atomic mass is 35.5. The van der Waals surface area contributed by atoms with Crippen LogP contribution in [0.5, 0.6) is 5.75 Å². The number of benzene rings is 3. The van der Waals surface area contributed by atoms with Crippen molar-refractivity contribution in [2.45, 2.75) is 4.90 Å². The molecule has 3 aromatic carbocycles. The van der Waals surface area contributed by atoms with Crippen molar-refractivity contribution < 1.29 is 18.3 Å². The molecule has 2 N–H and O–H groups in total. The molecule has 1 heterocycles. The molecule has 132 valence electrons. The number of hydrogen-bond acceptors (Lipinski definition) is 4. The second-order valence-electron chi connectivity index (χ2n) is 5.94. The lowest BCUT2D eigenvalue weighted by molar-refractivity contribution is 0.0999. The van der Waals surface area contributed by atoms with Gasteiger partial charge in [-0.1, -0.05) is 23.7 Å². The molecule has 8 heteroatoms. The summed E-state index contributed by atoms with van der Waals surface area (Å²) in [6.07, 6.45) is 0. The number of carbonyl (C=O) groups is 1. The van der Waals surface area contributed by atoms with Gasteiger partial charge in [0.1, 0.15) is 5.75 Å². The van der Waals surface area contributed by atoms with Crippen LogP contribution >= 0.6 is 11.6 Å². The number of phenolic OH excluding ortho intramolecular Hbond substituents is 1. The Balaban J connectivity index is 1.90. The Hall–Kier alpha value is -2.77. The normalized spacial score (nSPS) is 13.5. The molecule has 0 saturated heterocycles. The summed E-state index contributed by atoms with van der Waals surface area (Å²) >= 11 is 5.88. The first-order valence-corrected chi connectivity index (χ1v) is 9.51. The summed E-state index contributed by atoms with van der Waals surface area (Å²) < 4.78 is 28.2. The Morgan fingerprint density at radius 2 is 1.88 bits per heavy atom. The lowest BCUT2D eigenvalue weighted by Crippen LogP contribution is -2.20. The van der Waals surface area contributed by atoms with E-state index in [-0.39, 0.29) is 27.3 Å². The SMILES string of the molecule is CN1C(=O)c2cccc3c(S(=O)(=O)Nc4cc(Cl)ccc4O)ccc1c23. The molecule has 0 radical (unpaired) electrons. The smallest absolute Gasteiger partial charge is 0.262 e. The molecule has 0 bridgehead atoms. The maximum absolute atomic E-state index is 12.9.